The average molecular weight is 1000 g/mol. The van der Waals surface area contributed by atoms with Crippen molar-refractivity contribution in [2.45, 2.75) is 61.4 Å². The van der Waals surface area contributed by atoms with E-state index in [1.54, 1.807) is 12.1 Å². The van der Waals surface area contributed by atoms with Crippen LogP contribution in [0, 0.1) is 0 Å². The van der Waals surface area contributed by atoms with E-state index in [2.05, 4.69) is 70.7 Å². The molecule has 0 amide bonds. The van der Waals surface area contributed by atoms with Crippen molar-refractivity contribution in [1.29, 1.82) is 0 Å². The molecule has 74 heavy (non-hydrogen) atoms. The lowest BCUT2D eigenvalue weighted by Crippen LogP contribution is -2.65. The van der Waals surface area contributed by atoms with Crippen molar-refractivity contribution in [3.63, 3.8) is 0 Å². The number of fused-ring (bicyclic) bond motifs is 8. The van der Waals surface area contributed by atoms with Gasteiger partial charge in [0.1, 0.15) is 75.7 Å². The molecule has 4 aliphatic rings. The number of rotatable bonds is 10. The van der Waals surface area contributed by atoms with Crippen LogP contribution in [0.5, 0.6) is 5.75 Å². The van der Waals surface area contributed by atoms with Gasteiger partial charge in [-0.25, -0.2) is 23.7 Å². The first-order valence-corrected chi connectivity index (χ1v) is 24.2. The number of nitrogens with zero attached hydrogens (tertiary/aromatic N) is 5. The Morgan fingerprint density at radius 3 is 1.20 bits per heavy atom. The van der Waals surface area contributed by atoms with Gasteiger partial charge >= 0.3 is 0 Å². The second kappa shape index (κ2) is 20.2. The Bertz CT molecular complexity index is 3390. The Morgan fingerprint density at radius 1 is 0.446 bits per heavy atom. The van der Waals surface area contributed by atoms with Crippen molar-refractivity contribution in [3.8, 4) is 50.3 Å². The summed E-state index contributed by atoms with van der Waals surface area (Å²) in [6, 6.07) is 27.8. The summed E-state index contributed by atoms with van der Waals surface area (Å²) >= 11 is 0. The van der Waals surface area contributed by atoms with Gasteiger partial charge in [-0.1, -0.05) is 12.1 Å². The molecular formula is C56H56N7O11+3. The fraction of sp³-hybridized carbons (Fsp3) is 0.268. The highest BCUT2D eigenvalue weighted by molar-refractivity contribution is 5.99. The Hall–Kier alpha value is -7.33. The minimum Gasteiger partial charge on any atom is -0.462 e. The van der Waals surface area contributed by atoms with Crippen LogP contribution in [0.3, 0.4) is 0 Å². The van der Waals surface area contributed by atoms with Crippen LogP contribution >= 0.6 is 0 Å². The van der Waals surface area contributed by atoms with E-state index < -0.39 is 74.6 Å². The average Bonchev–Trinajstić information content (AvgIpc) is 4.27. The lowest BCUT2D eigenvalue weighted by Gasteiger charge is -2.45. The number of benzene rings is 1. The molecule has 9 N–H and O–H groups in total. The van der Waals surface area contributed by atoms with Crippen LogP contribution in [0.2, 0.25) is 0 Å². The van der Waals surface area contributed by atoms with Gasteiger partial charge in [0, 0.05) is 80.7 Å². The molecule has 0 saturated carbocycles. The summed E-state index contributed by atoms with van der Waals surface area (Å²) in [5.41, 5.74) is 13.5. The fourth-order valence-electron chi connectivity index (χ4n) is 9.91. The van der Waals surface area contributed by atoms with Crippen molar-refractivity contribution in [1.82, 2.24) is 19.9 Å². The summed E-state index contributed by atoms with van der Waals surface area (Å²) in [4.78, 5) is 18.3. The third-order valence-corrected chi connectivity index (χ3v) is 13.9. The number of aromatic amines is 2. The maximum Gasteiger partial charge on any atom is 0.229 e. The SMILES string of the molecule is C[n+]1ccc(-c2c3nc(c(-c4cc[n+](C)cc4)c4ccc([nH]4)c(-c4cc[n+](C)cc4)c4nc(c(-c5ccc(O[C@@H]6O[C@H](CO)[C@@H](O[C@@H]7O[C@H](CO)[C@H](O)[C@H](O)[C@H]7O)[C@H](O)[C@H]6O)cc5)c5ccc2[nH]5)C=C4)C=C3)cc1. The van der Waals surface area contributed by atoms with Crippen LogP contribution in [0.15, 0.2) is 122 Å². The lowest BCUT2D eigenvalue weighted by atomic mass is 9.97. The maximum atomic E-state index is 11.3. The molecular weight excluding hydrogens is 947 g/mol. The Kier molecular flexibility index (Phi) is 13.3. The van der Waals surface area contributed by atoms with E-state index in [-0.39, 0.29) is 5.75 Å². The lowest BCUT2D eigenvalue weighted by molar-refractivity contribution is -0.671. The van der Waals surface area contributed by atoms with Crippen LogP contribution in [0.25, 0.3) is 90.9 Å². The first-order valence-electron chi connectivity index (χ1n) is 24.2. The summed E-state index contributed by atoms with van der Waals surface area (Å²) < 4.78 is 29.2. The van der Waals surface area contributed by atoms with Crippen LogP contribution < -0.4 is 18.4 Å². The van der Waals surface area contributed by atoms with Crippen LogP contribution in [0.1, 0.15) is 22.8 Å². The molecule has 2 saturated heterocycles. The Balaban J connectivity index is 1.03. The van der Waals surface area contributed by atoms with E-state index in [1.165, 1.54) is 0 Å². The molecule has 8 bridgehead atoms. The highest BCUT2D eigenvalue weighted by Crippen LogP contribution is 2.39. The van der Waals surface area contributed by atoms with E-state index in [0.29, 0.717) is 5.69 Å². The number of pyridine rings is 3. The predicted molar refractivity (Wildman–Crippen MR) is 271 cm³/mol. The van der Waals surface area contributed by atoms with Crippen LogP contribution in [-0.2, 0) is 35.4 Å². The second-order valence-corrected chi connectivity index (χ2v) is 18.9. The van der Waals surface area contributed by atoms with Crippen molar-refractivity contribution in [2.75, 3.05) is 13.2 Å². The summed E-state index contributed by atoms with van der Waals surface area (Å²) in [6.07, 6.45) is 4.33. The van der Waals surface area contributed by atoms with Crippen molar-refractivity contribution >= 4 is 46.4 Å². The maximum absolute atomic E-state index is 11.3. The summed E-state index contributed by atoms with van der Waals surface area (Å²) in [5.74, 6) is 0.258. The summed E-state index contributed by atoms with van der Waals surface area (Å²) in [6.45, 7) is -1.41. The first-order chi connectivity index (χ1) is 35.8. The van der Waals surface area contributed by atoms with Crippen molar-refractivity contribution in [3.05, 3.63) is 145 Å². The van der Waals surface area contributed by atoms with Gasteiger partial charge in [0.2, 0.25) is 6.29 Å². The second-order valence-electron chi connectivity index (χ2n) is 18.9. The zero-order chi connectivity index (χ0) is 51.4. The van der Waals surface area contributed by atoms with Crippen LogP contribution in [-0.4, -0.2) is 130 Å². The topological polar surface area (TPSA) is 248 Å². The van der Waals surface area contributed by atoms with Gasteiger partial charge in [0.05, 0.1) is 36.0 Å². The molecule has 10 heterocycles. The molecule has 18 nitrogen and oxygen atoms in total. The van der Waals surface area contributed by atoms with Crippen molar-refractivity contribution < 1.29 is 68.4 Å². The quantitative estimate of drug-likeness (QED) is 0.0897. The molecule has 1 aromatic carbocycles. The number of aromatic nitrogens is 7. The molecule has 0 spiro atoms. The van der Waals surface area contributed by atoms with E-state index in [0.717, 1.165) is 83.7 Å². The number of hydrogen-bond donors (Lipinski definition) is 9. The molecule has 0 radical (unpaired) electrons. The Morgan fingerprint density at radius 2 is 0.811 bits per heavy atom. The number of ether oxygens (including phenoxy) is 4. The van der Waals surface area contributed by atoms with Gasteiger partial charge in [-0.3, -0.25) is 0 Å². The highest BCUT2D eigenvalue weighted by Gasteiger charge is 2.51. The third-order valence-electron chi connectivity index (χ3n) is 13.9. The molecule has 10 atom stereocenters. The van der Waals surface area contributed by atoms with E-state index in [1.807, 2.05) is 108 Å². The number of aryl methyl sites for hydroxylation is 3. The molecule has 0 unspecified atom stereocenters. The summed E-state index contributed by atoms with van der Waals surface area (Å²) in [7, 11) is 5.95. The monoisotopic (exact) mass is 1000 g/mol. The van der Waals surface area contributed by atoms with Crippen molar-refractivity contribution in [2.24, 2.45) is 21.1 Å². The van der Waals surface area contributed by atoms with E-state index >= 15 is 0 Å². The smallest absolute Gasteiger partial charge is 0.229 e. The predicted octanol–water partition coefficient (Wildman–Crippen LogP) is 2.80. The third kappa shape index (κ3) is 9.22. The first kappa shape index (κ1) is 48.9. The van der Waals surface area contributed by atoms with Gasteiger partial charge in [0.25, 0.3) is 0 Å². The number of H-pyrrole nitrogens is 2. The number of aliphatic hydroxyl groups is 7. The van der Waals surface area contributed by atoms with Gasteiger partial charge < -0.3 is 64.7 Å². The van der Waals surface area contributed by atoms with E-state index in [9.17, 15) is 35.7 Å². The zero-order valence-electron chi connectivity index (χ0n) is 40.5. The van der Waals surface area contributed by atoms with Gasteiger partial charge in [0.15, 0.2) is 43.5 Å². The molecule has 7 aromatic rings. The molecule has 11 rings (SSSR count). The largest absolute Gasteiger partial charge is 0.462 e. The normalized spacial score (nSPS) is 24.6. The molecule has 4 aliphatic heterocycles. The molecule has 2 fully saturated rings. The molecule has 18 heteroatoms. The van der Waals surface area contributed by atoms with Gasteiger partial charge in [-0.2, -0.15) is 0 Å². The fourth-order valence-corrected chi connectivity index (χ4v) is 9.91. The van der Waals surface area contributed by atoms with Gasteiger partial charge in [-0.15, -0.1) is 0 Å². The summed E-state index contributed by atoms with van der Waals surface area (Å²) in [5, 5.41) is 73.7. The van der Waals surface area contributed by atoms with E-state index in [4.69, 9.17) is 28.9 Å². The standard InChI is InChI=1S/C56H55N7O11/c1-61-22-16-31(17-23-61)46-37-10-8-35(57-37)45(30-4-6-34(7-5-30)71-55-53(70)51(68)54(44(29-65)73-55)74-56-52(69)50(67)49(66)43(28-64)72-56)36-9-11-38(58-36)47(32-18-24-62(2)25-19-32)40-13-15-42(60-40)48(41-14-12-39(46)59-41)33-20-26-63(3)27-21-33/h4-27,43-44,49-56,64-70H,28-29H2,1-3H3,(H,57,58,59,60)/q+2/p+1/t43-,44-,49+,50+,51-,52-,53-,54-,55-,56+/m1/s1. The van der Waals surface area contributed by atoms with Crippen LogP contribution in [0.4, 0.5) is 0 Å². The minimum atomic E-state index is -1.79. The number of hydrogen-bond acceptors (Lipinski definition) is 13. The number of aliphatic hydroxyl groups excluding tert-OH is 7. The number of nitrogens with one attached hydrogen (secondary N) is 2. The molecule has 0 aliphatic carbocycles. The Labute approximate surface area is 424 Å². The minimum absolute atomic E-state index is 0.258. The van der Waals surface area contributed by atoms with Gasteiger partial charge in [-0.05, 0) is 83.0 Å². The zero-order valence-corrected chi connectivity index (χ0v) is 40.5. The molecule has 378 valence electrons. The highest BCUT2D eigenvalue weighted by atomic mass is 16.7. The molecule has 6 aromatic heterocycles.